The topological polar surface area (TPSA) is 42.2 Å². The molecule has 0 spiro atoms. The Hall–Kier alpha value is -2.55. The number of hydrogen-bond acceptors (Lipinski definition) is 2. The molecule has 0 saturated carbocycles. The molecule has 3 nitrogen and oxygen atoms in total. The molecule has 0 atom stereocenters. The van der Waals surface area contributed by atoms with Gasteiger partial charge >= 0.3 is 0 Å². The van der Waals surface area contributed by atoms with E-state index in [1.165, 1.54) is 11.1 Å². The predicted octanol–water partition coefficient (Wildman–Crippen LogP) is 5.16. The van der Waals surface area contributed by atoms with Crippen LogP contribution in [0, 0.1) is 34.6 Å². The molecule has 2 aromatic carbocycles. The summed E-state index contributed by atoms with van der Waals surface area (Å²) in [7, 11) is 0. The van der Waals surface area contributed by atoms with Crippen molar-refractivity contribution in [1.82, 2.24) is 0 Å². The highest BCUT2D eigenvalue weighted by Gasteiger charge is 2.16. The van der Waals surface area contributed by atoms with Gasteiger partial charge in [0.1, 0.15) is 5.58 Å². The predicted molar refractivity (Wildman–Crippen MR) is 98.7 cm³/mol. The van der Waals surface area contributed by atoms with Gasteiger partial charge in [0, 0.05) is 16.6 Å². The maximum Gasteiger partial charge on any atom is 0.228 e. The van der Waals surface area contributed by atoms with Gasteiger partial charge in [-0.1, -0.05) is 18.2 Å². The van der Waals surface area contributed by atoms with Crippen molar-refractivity contribution in [3.05, 3.63) is 63.9 Å². The van der Waals surface area contributed by atoms with E-state index in [4.69, 9.17) is 4.42 Å². The van der Waals surface area contributed by atoms with Crippen molar-refractivity contribution >= 4 is 22.6 Å². The average molecular weight is 321 g/mol. The Balaban J connectivity index is 1.89. The van der Waals surface area contributed by atoms with Crippen LogP contribution < -0.4 is 5.32 Å². The zero-order chi connectivity index (χ0) is 17.4. The maximum absolute atomic E-state index is 12.5. The second-order valence-electron chi connectivity index (χ2n) is 6.57. The van der Waals surface area contributed by atoms with E-state index in [9.17, 15) is 4.79 Å². The summed E-state index contributed by atoms with van der Waals surface area (Å²) in [6.07, 6.45) is 2.02. The highest BCUT2D eigenvalue weighted by atomic mass is 16.3. The molecule has 0 aliphatic carbocycles. The minimum Gasteiger partial charge on any atom is -0.464 e. The molecule has 0 aliphatic rings. The Morgan fingerprint density at radius 3 is 2.50 bits per heavy atom. The summed E-state index contributed by atoms with van der Waals surface area (Å²) in [4.78, 5) is 12.5. The van der Waals surface area contributed by atoms with Crippen LogP contribution >= 0.6 is 0 Å². The Morgan fingerprint density at radius 2 is 1.75 bits per heavy atom. The van der Waals surface area contributed by atoms with Crippen LogP contribution in [0.15, 0.2) is 34.9 Å². The first kappa shape index (κ1) is 16.3. The van der Waals surface area contributed by atoms with Crippen molar-refractivity contribution in [2.24, 2.45) is 0 Å². The number of aryl methyl sites for hydroxylation is 4. The van der Waals surface area contributed by atoms with E-state index in [0.29, 0.717) is 6.42 Å². The van der Waals surface area contributed by atoms with E-state index >= 15 is 0 Å². The molecule has 0 aliphatic heterocycles. The molecular formula is C21H23NO2. The van der Waals surface area contributed by atoms with Crippen LogP contribution in [0.3, 0.4) is 0 Å². The Bertz CT molecular complexity index is 935. The molecule has 1 aromatic heterocycles. The molecule has 3 aromatic rings. The summed E-state index contributed by atoms with van der Waals surface area (Å²) in [5.41, 5.74) is 8.47. The summed E-state index contributed by atoms with van der Waals surface area (Å²) in [6.45, 7) is 10.3. The molecule has 1 heterocycles. The molecule has 24 heavy (non-hydrogen) atoms. The number of hydrogen-bond donors (Lipinski definition) is 1. The van der Waals surface area contributed by atoms with Gasteiger partial charge in [0.15, 0.2) is 0 Å². The average Bonchev–Trinajstić information content (AvgIpc) is 2.94. The van der Waals surface area contributed by atoms with Crippen LogP contribution in [0.2, 0.25) is 0 Å². The first-order valence-electron chi connectivity index (χ1n) is 8.21. The lowest BCUT2D eigenvalue weighted by Gasteiger charge is -2.10. The molecule has 1 N–H and O–H groups in total. The number of furan rings is 1. The third kappa shape index (κ3) is 2.82. The third-order valence-electron chi connectivity index (χ3n) is 4.86. The van der Waals surface area contributed by atoms with Crippen LogP contribution in [0.25, 0.3) is 11.0 Å². The lowest BCUT2D eigenvalue weighted by Crippen LogP contribution is -2.15. The van der Waals surface area contributed by atoms with Gasteiger partial charge in [-0.25, -0.2) is 0 Å². The smallest absolute Gasteiger partial charge is 0.228 e. The number of fused-ring (bicyclic) bond motifs is 1. The summed E-state index contributed by atoms with van der Waals surface area (Å²) < 4.78 is 5.76. The molecule has 3 rings (SSSR count). The Labute approximate surface area is 142 Å². The van der Waals surface area contributed by atoms with Gasteiger partial charge in [-0.3, -0.25) is 4.79 Å². The second-order valence-corrected chi connectivity index (χ2v) is 6.57. The molecule has 3 heteroatoms. The van der Waals surface area contributed by atoms with Crippen LogP contribution in [-0.2, 0) is 11.2 Å². The van der Waals surface area contributed by atoms with Crippen molar-refractivity contribution in [3.63, 3.8) is 0 Å². The number of nitrogens with one attached hydrogen (secondary N) is 1. The monoisotopic (exact) mass is 321 g/mol. The van der Waals surface area contributed by atoms with Gasteiger partial charge in [0.25, 0.3) is 0 Å². The highest BCUT2D eigenvalue weighted by Crippen LogP contribution is 2.30. The Kier molecular flexibility index (Phi) is 4.18. The molecule has 0 fully saturated rings. The molecule has 124 valence electrons. The van der Waals surface area contributed by atoms with Crippen LogP contribution in [0.5, 0.6) is 0 Å². The van der Waals surface area contributed by atoms with Gasteiger partial charge in [0.05, 0.1) is 12.7 Å². The van der Waals surface area contributed by atoms with Crippen molar-refractivity contribution in [2.45, 2.75) is 41.0 Å². The summed E-state index contributed by atoms with van der Waals surface area (Å²) in [5.74, 6) is -0.0240. The number of rotatable bonds is 3. The van der Waals surface area contributed by atoms with Crippen LogP contribution in [0.4, 0.5) is 5.69 Å². The molecule has 1 amide bonds. The number of anilines is 1. The molecule has 0 radical (unpaired) electrons. The second kappa shape index (κ2) is 6.16. The summed E-state index contributed by atoms with van der Waals surface area (Å²) in [6, 6.07) is 8.09. The van der Waals surface area contributed by atoms with E-state index < -0.39 is 0 Å². The Morgan fingerprint density at radius 1 is 1.00 bits per heavy atom. The van der Waals surface area contributed by atoms with Crippen LogP contribution in [-0.4, -0.2) is 5.91 Å². The van der Waals surface area contributed by atoms with Crippen molar-refractivity contribution in [1.29, 1.82) is 0 Å². The highest BCUT2D eigenvalue weighted by molar-refractivity contribution is 5.97. The first-order chi connectivity index (χ1) is 11.4. The first-order valence-corrected chi connectivity index (χ1v) is 8.21. The van der Waals surface area contributed by atoms with Gasteiger partial charge in [-0.05, 0) is 68.5 Å². The lowest BCUT2D eigenvalue weighted by atomic mass is 9.99. The standard InChI is InChI=1S/C21H23NO2/c1-12-7-6-8-18(15(12)4)22-19(23)10-17-11-24-21-16(5)13(2)9-14(3)20(17)21/h6-9,11H,10H2,1-5H3,(H,22,23). The van der Waals surface area contributed by atoms with Crippen molar-refractivity contribution in [3.8, 4) is 0 Å². The lowest BCUT2D eigenvalue weighted by molar-refractivity contribution is -0.115. The van der Waals surface area contributed by atoms with E-state index in [-0.39, 0.29) is 5.91 Å². The number of amides is 1. The number of carbonyl (C=O) groups is 1. The van der Waals surface area contributed by atoms with Gasteiger partial charge < -0.3 is 9.73 Å². The fraction of sp³-hybridized carbons (Fsp3) is 0.286. The largest absolute Gasteiger partial charge is 0.464 e. The summed E-state index contributed by atoms with van der Waals surface area (Å²) in [5, 5.41) is 4.08. The fourth-order valence-electron chi connectivity index (χ4n) is 3.17. The van der Waals surface area contributed by atoms with E-state index in [0.717, 1.165) is 38.9 Å². The number of benzene rings is 2. The van der Waals surface area contributed by atoms with Gasteiger partial charge in [-0.15, -0.1) is 0 Å². The SMILES string of the molecule is Cc1cccc(NC(=O)Cc2coc3c(C)c(C)cc(C)c23)c1C. The van der Waals surface area contributed by atoms with E-state index in [2.05, 4.69) is 32.2 Å². The van der Waals surface area contributed by atoms with Crippen LogP contribution in [0.1, 0.15) is 33.4 Å². The molecule has 0 unspecified atom stereocenters. The third-order valence-corrected chi connectivity index (χ3v) is 4.86. The minimum absolute atomic E-state index is 0.0240. The van der Waals surface area contributed by atoms with Crippen molar-refractivity contribution in [2.75, 3.05) is 5.32 Å². The zero-order valence-electron chi connectivity index (χ0n) is 14.9. The summed E-state index contributed by atoms with van der Waals surface area (Å²) >= 11 is 0. The molecule has 0 saturated heterocycles. The zero-order valence-corrected chi connectivity index (χ0v) is 14.9. The molecular weight excluding hydrogens is 298 g/mol. The normalized spacial score (nSPS) is 11.0. The van der Waals surface area contributed by atoms with E-state index in [1.54, 1.807) is 6.26 Å². The van der Waals surface area contributed by atoms with Gasteiger partial charge in [-0.2, -0.15) is 0 Å². The quantitative estimate of drug-likeness (QED) is 0.724. The fourth-order valence-corrected chi connectivity index (χ4v) is 3.17. The number of carbonyl (C=O) groups excluding carboxylic acids is 1. The van der Waals surface area contributed by atoms with Gasteiger partial charge in [0.2, 0.25) is 5.91 Å². The maximum atomic E-state index is 12.5. The molecule has 0 bridgehead atoms. The minimum atomic E-state index is -0.0240. The van der Waals surface area contributed by atoms with Crippen molar-refractivity contribution < 1.29 is 9.21 Å². The van der Waals surface area contributed by atoms with E-state index in [1.807, 2.05) is 32.0 Å².